The largest absolute Gasteiger partial charge is 0.437 e. The van der Waals surface area contributed by atoms with Gasteiger partial charge in [0.05, 0.1) is 12.2 Å². The zero-order chi connectivity index (χ0) is 25.8. The molecule has 0 bridgehead atoms. The van der Waals surface area contributed by atoms with Crippen LogP contribution in [0, 0.1) is 0 Å². The topological polar surface area (TPSA) is 85.9 Å². The van der Waals surface area contributed by atoms with Crippen LogP contribution in [0.2, 0.25) is 5.02 Å². The lowest BCUT2D eigenvalue weighted by Crippen LogP contribution is -2.56. The van der Waals surface area contributed by atoms with Crippen LogP contribution in [0.5, 0.6) is 11.6 Å². The zero-order valence-electron chi connectivity index (χ0n) is 21.2. The van der Waals surface area contributed by atoms with Gasteiger partial charge in [0.2, 0.25) is 17.7 Å². The lowest BCUT2D eigenvalue weighted by atomic mass is 10.1. The van der Waals surface area contributed by atoms with E-state index in [-0.39, 0.29) is 17.8 Å². The fraction of sp³-hybridized carbons (Fsp3) is 0.370. The number of carbonyl (C=O) groups excluding carboxylic acids is 1. The second-order valence-electron chi connectivity index (χ2n) is 9.43. The molecular formula is C27H32ClN7O2. The maximum absolute atomic E-state index is 11.8. The van der Waals surface area contributed by atoms with Crippen molar-refractivity contribution in [2.45, 2.75) is 19.4 Å². The summed E-state index contributed by atoms with van der Waals surface area (Å²) in [5.41, 5.74) is 3.00. The van der Waals surface area contributed by atoms with E-state index in [1.807, 2.05) is 48.2 Å². The van der Waals surface area contributed by atoms with Crippen molar-refractivity contribution in [3.63, 3.8) is 0 Å². The lowest BCUT2D eigenvalue weighted by Gasteiger charge is -2.40. The highest BCUT2D eigenvalue weighted by atomic mass is 35.5. The van der Waals surface area contributed by atoms with Crippen molar-refractivity contribution < 1.29 is 9.53 Å². The van der Waals surface area contributed by atoms with Crippen molar-refractivity contribution in [2.24, 2.45) is 0 Å². The van der Waals surface area contributed by atoms with Gasteiger partial charge in [-0.3, -0.25) is 4.79 Å². The number of ether oxygens (including phenoxy) is 1. The van der Waals surface area contributed by atoms with Crippen molar-refractivity contribution in [1.29, 1.82) is 0 Å². The molecule has 2 fully saturated rings. The van der Waals surface area contributed by atoms with Gasteiger partial charge < -0.3 is 30.1 Å². The molecule has 0 saturated carbocycles. The standard InChI is InChI=1S/C27H32ClN7O2/c1-3-25(36)35-17-21(18-35)30-20-5-4-6-23(15-20)37-26-24(28)16-29-27(32-26)31-19-7-9-22(10-8-19)34-13-11-33(2)12-14-34/h4-10,15-16,21,30H,3,11-14,17-18H2,1-2H3,(H,29,31,32). The molecule has 2 aromatic carbocycles. The van der Waals surface area contributed by atoms with E-state index in [2.05, 4.69) is 49.6 Å². The molecule has 3 aromatic rings. The highest BCUT2D eigenvalue weighted by Gasteiger charge is 2.29. The molecule has 2 saturated heterocycles. The fourth-order valence-electron chi connectivity index (χ4n) is 4.43. The highest BCUT2D eigenvalue weighted by molar-refractivity contribution is 6.31. The van der Waals surface area contributed by atoms with Gasteiger partial charge >= 0.3 is 0 Å². The third kappa shape index (κ3) is 6.23. The van der Waals surface area contributed by atoms with Gasteiger partial charge in [0.1, 0.15) is 10.8 Å². The molecular weight excluding hydrogens is 490 g/mol. The van der Waals surface area contributed by atoms with Gasteiger partial charge in [-0.25, -0.2) is 4.98 Å². The Morgan fingerprint density at radius 3 is 2.57 bits per heavy atom. The number of likely N-dealkylation sites (tertiary alicyclic amines) is 1. The van der Waals surface area contributed by atoms with E-state index < -0.39 is 0 Å². The molecule has 0 atom stereocenters. The van der Waals surface area contributed by atoms with Crippen molar-refractivity contribution in [2.75, 3.05) is 61.8 Å². The molecule has 3 heterocycles. The van der Waals surface area contributed by atoms with Gasteiger partial charge in [-0.1, -0.05) is 24.6 Å². The Morgan fingerprint density at radius 2 is 1.84 bits per heavy atom. The minimum Gasteiger partial charge on any atom is -0.437 e. The minimum absolute atomic E-state index is 0.184. The molecule has 0 aliphatic carbocycles. The lowest BCUT2D eigenvalue weighted by molar-refractivity contribution is -0.134. The van der Waals surface area contributed by atoms with Crippen LogP contribution in [0.4, 0.5) is 23.0 Å². The number of nitrogens with zero attached hydrogens (tertiary/aromatic N) is 5. The van der Waals surface area contributed by atoms with E-state index in [1.165, 1.54) is 11.9 Å². The number of hydrogen-bond acceptors (Lipinski definition) is 8. The van der Waals surface area contributed by atoms with Crippen molar-refractivity contribution in [3.8, 4) is 11.6 Å². The number of rotatable bonds is 8. The summed E-state index contributed by atoms with van der Waals surface area (Å²) in [6.45, 7) is 7.49. The first kappa shape index (κ1) is 25.1. The van der Waals surface area contributed by atoms with Gasteiger partial charge in [0, 0.05) is 68.8 Å². The van der Waals surface area contributed by atoms with E-state index in [4.69, 9.17) is 16.3 Å². The first-order chi connectivity index (χ1) is 18.0. The highest BCUT2D eigenvalue weighted by Crippen LogP contribution is 2.30. The molecule has 10 heteroatoms. The molecule has 5 rings (SSSR count). The van der Waals surface area contributed by atoms with Crippen molar-refractivity contribution >= 4 is 40.5 Å². The quantitative estimate of drug-likeness (QED) is 0.449. The van der Waals surface area contributed by atoms with Crippen LogP contribution in [-0.2, 0) is 4.79 Å². The average molecular weight is 522 g/mol. The molecule has 0 spiro atoms. The number of likely N-dealkylation sites (N-methyl/N-ethyl adjacent to an activating group) is 1. The van der Waals surface area contributed by atoms with Gasteiger partial charge in [-0.2, -0.15) is 4.98 Å². The van der Waals surface area contributed by atoms with Crippen molar-refractivity contribution in [3.05, 3.63) is 59.8 Å². The Kier molecular flexibility index (Phi) is 7.62. The molecule has 2 aliphatic heterocycles. The fourth-order valence-corrected chi connectivity index (χ4v) is 4.56. The van der Waals surface area contributed by atoms with E-state index in [0.29, 0.717) is 36.2 Å². The molecule has 2 N–H and O–H groups in total. The number of halogens is 1. The summed E-state index contributed by atoms with van der Waals surface area (Å²) in [4.78, 5) is 27.1. The van der Waals surface area contributed by atoms with Crippen molar-refractivity contribution in [1.82, 2.24) is 19.8 Å². The predicted molar refractivity (Wildman–Crippen MR) is 147 cm³/mol. The summed E-state index contributed by atoms with van der Waals surface area (Å²) in [5.74, 6) is 1.46. The Labute approximate surface area is 222 Å². The van der Waals surface area contributed by atoms with Crippen LogP contribution < -0.4 is 20.3 Å². The predicted octanol–water partition coefficient (Wildman–Crippen LogP) is 4.45. The maximum atomic E-state index is 11.8. The average Bonchev–Trinajstić information content (AvgIpc) is 2.89. The third-order valence-corrected chi connectivity index (χ3v) is 6.92. The Bertz CT molecular complexity index is 1230. The Hall–Kier alpha value is -3.56. The Balaban J connectivity index is 1.20. The van der Waals surface area contributed by atoms with Crippen LogP contribution in [-0.4, -0.2) is 78.0 Å². The summed E-state index contributed by atoms with van der Waals surface area (Å²) in [6, 6.07) is 16.1. The number of amides is 1. The van der Waals surface area contributed by atoms with Crippen LogP contribution in [0.15, 0.2) is 54.7 Å². The molecule has 194 valence electrons. The number of benzene rings is 2. The smallest absolute Gasteiger partial charge is 0.243 e. The Morgan fingerprint density at radius 1 is 1.08 bits per heavy atom. The zero-order valence-corrected chi connectivity index (χ0v) is 21.9. The summed E-state index contributed by atoms with van der Waals surface area (Å²) in [7, 11) is 2.16. The first-order valence-corrected chi connectivity index (χ1v) is 13.0. The van der Waals surface area contributed by atoms with Gasteiger partial charge in [0.25, 0.3) is 0 Å². The number of aromatic nitrogens is 2. The van der Waals surface area contributed by atoms with Gasteiger partial charge in [-0.05, 0) is 43.4 Å². The molecule has 0 unspecified atom stereocenters. The SMILES string of the molecule is CCC(=O)N1CC(Nc2cccc(Oc3nc(Nc4ccc(N5CCN(C)CC5)cc4)ncc3Cl)c2)C1. The van der Waals surface area contributed by atoms with E-state index in [9.17, 15) is 4.79 Å². The monoisotopic (exact) mass is 521 g/mol. The summed E-state index contributed by atoms with van der Waals surface area (Å²) in [5, 5.41) is 7.00. The first-order valence-electron chi connectivity index (χ1n) is 12.6. The van der Waals surface area contributed by atoms with Crippen LogP contribution in [0.1, 0.15) is 13.3 Å². The molecule has 1 amide bonds. The minimum atomic E-state index is 0.184. The number of nitrogens with one attached hydrogen (secondary N) is 2. The molecule has 1 aromatic heterocycles. The molecule has 37 heavy (non-hydrogen) atoms. The van der Waals surface area contributed by atoms with Crippen LogP contribution in [0.3, 0.4) is 0 Å². The summed E-state index contributed by atoms with van der Waals surface area (Å²) < 4.78 is 6.01. The molecule has 0 radical (unpaired) electrons. The van der Waals surface area contributed by atoms with Gasteiger partial charge in [0.15, 0.2) is 0 Å². The van der Waals surface area contributed by atoms with E-state index in [0.717, 1.165) is 37.6 Å². The number of hydrogen-bond donors (Lipinski definition) is 2. The van der Waals surface area contributed by atoms with E-state index >= 15 is 0 Å². The summed E-state index contributed by atoms with van der Waals surface area (Å²) in [6.07, 6.45) is 2.06. The van der Waals surface area contributed by atoms with Crippen LogP contribution in [0.25, 0.3) is 0 Å². The number of piperazine rings is 1. The molecule has 9 nitrogen and oxygen atoms in total. The van der Waals surface area contributed by atoms with Crippen LogP contribution >= 0.6 is 11.6 Å². The second-order valence-corrected chi connectivity index (χ2v) is 9.84. The van der Waals surface area contributed by atoms with Gasteiger partial charge in [-0.15, -0.1) is 0 Å². The third-order valence-electron chi connectivity index (χ3n) is 6.66. The number of anilines is 4. The maximum Gasteiger partial charge on any atom is 0.243 e. The van der Waals surface area contributed by atoms with E-state index in [1.54, 1.807) is 0 Å². The second kappa shape index (κ2) is 11.2. The molecule has 2 aliphatic rings. The normalized spacial score (nSPS) is 16.3. The number of carbonyl (C=O) groups is 1. The summed E-state index contributed by atoms with van der Waals surface area (Å²) >= 11 is 6.34.